The number of alkyl halides is 1. The maximum Gasteiger partial charge on any atom is 0.253 e. The molecule has 4 nitrogen and oxygen atoms in total. The van der Waals surface area contributed by atoms with Crippen LogP contribution in [-0.4, -0.2) is 29.8 Å². The van der Waals surface area contributed by atoms with E-state index >= 15 is 0 Å². The summed E-state index contributed by atoms with van der Waals surface area (Å²) in [5, 5.41) is 3.09. The minimum Gasteiger partial charge on any atom is -0.497 e. The average Bonchev–Trinajstić information content (AvgIpc) is 2.61. The molecule has 5 heteroatoms. The fourth-order valence-corrected chi connectivity index (χ4v) is 4.29. The van der Waals surface area contributed by atoms with E-state index in [0.717, 1.165) is 23.0 Å². The molecule has 1 aromatic rings. The van der Waals surface area contributed by atoms with Crippen LogP contribution in [0.15, 0.2) is 24.3 Å². The van der Waals surface area contributed by atoms with Crippen molar-refractivity contribution >= 4 is 28.5 Å². The SMILES string of the molecule is COc1ccc(C(=O)NC(CCI)O[C@@H]2C[C@H](C)CC[C@H]2C(C)C)cc1. The van der Waals surface area contributed by atoms with E-state index in [1.165, 1.54) is 12.8 Å². The lowest BCUT2D eigenvalue weighted by atomic mass is 9.75. The molecule has 0 spiro atoms. The van der Waals surface area contributed by atoms with Gasteiger partial charge >= 0.3 is 0 Å². The Kier molecular flexibility index (Phi) is 8.67. The quantitative estimate of drug-likeness (QED) is 0.327. The molecule has 0 heterocycles. The predicted molar refractivity (Wildman–Crippen MR) is 114 cm³/mol. The summed E-state index contributed by atoms with van der Waals surface area (Å²) in [6, 6.07) is 7.19. The minimum absolute atomic E-state index is 0.0903. The van der Waals surface area contributed by atoms with Gasteiger partial charge in [0.2, 0.25) is 0 Å². The summed E-state index contributed by atoms with van der Waals surface area (Å²) in [6.45, 7) is 6.86. The number of rotatable bonds is 8. The van der Waals surface area contributed by atoms with Gasteiger partial charge in [-0.1, -0.05) is 49.8 Å². The minimum atomic E-state index is -0.238. The Bertz CT molecular complexity index is 561. The lowest BCUT2D eigenvalue weighted by Gasteiger charge is -2.39. The Balaban J connectivity index is 2.03. The standard InChI is InChI=1S/C21H32INO3/c1-14(2)18-10-5-15(3)13-19(18)26-20(11-12-22)23-21(24)16-6-8-17(25-4)9-7-16/h6-9,14-15,18-20H,5,10-13H2,1-4H3,(H,23,24)/t15-,18+,19-,20?/m1/s1. The summed E-state index contributed by atoms with van der Waals surface area (Å²) >= 11 is 2.34. The van der Waals surface area contributed by atoms with Gasteiger partial charge in [0.1, 0.15) is 12.0 Å². The zero-order valence-corrected chi connectivity index (χ0v) is 18.5. The molecule has 26 heavy (non-hydrogen) atoms. The van der Waals surface area contributed by atoms with Crippen molar-refractivity contribution in [2.24, 2.45) is 17.8 Å². The highest BCUT2D eigenvalue weighted by atomic mass is 127. The number of benzene rings is 1. The third-order valence-electron chi connectivity index (χ3n) is 5.32. The number of ether oxygens (including phenoxy) is 2. The van der Waals surface area contributed by atoms with Gasteiger partial charge in [-0.15, -0.1) is 0 Å². The number of methoxy groups -OCH3 is 1. The predicted octanol–water partition coefficient (Wildman–Crippen LogP) is 5.05. The molecule has 4 atom stereocenters. The van der Waals surface area contributed by atoms with Crippen molar-refractivity contribution in [2.75, 3.05) is 11.5 Å². The summed E-state index contributed by atoms with van der Waals surface area (Å²) < 4.78 is 12.6. The summed E-state index contributed by atoms with van der Waals surface area (Å²) in [4.78, 5) is 12.6. The highest BCUT2D eigenvalue weighted by molar-refractivity contribution is 14.1. The Hall–Kier alpha value is -0.820. The lowest BCUT2D eigenvalue weighted by Crippen LogP contribution is -2.44. The maximum absolute atomic E-state index is 12.6. The topological polar surface area (TPSA) is 47.6 Å². The first-order valence-corrected chi connectivity index (χ1v) is 11.1. The maximum atomic E-state index is 12.6. The molecule has 1 aliphatic carbocycles. The molecule has 1 saturated carbocycles. The molecule has 1 aromatic carbocycles. The van der Waals surface area contributed by atoms with Crippen LogP contribution in [0.2, 0.25) is 0 Å². The first-order valence-electron chi connectivity index (χ1n) is 9.61. The first kappa shape index (κ1) is 21.5. The summed E-state index contributed by atoms with van der Waals surface area (Å²) in [5.41, 5.74) is 0.630. The second-order valence-electron chi connectivity index (χ2n) is 7.67. The van der Waals surface area contributed by atoms with E-state index in [4.69, 9.17) is 9.47 Å². The number of carbonyl (C=O) groups is 1. The fourth-order valence-electron chi connectivity index (χ4n) is 3.73. The lowest BCUT2D eigenvalue weighted by molar-refractivity contribution is -0.0883. The van der Waals surface area contributed by atoms with Crippen molar-refractivity contribution in [3.05, 3.63) is 29.8 Å². The van der Waals surface area contributed by atoms with E-state index in [1.54, 1.807) is 31.4 Å². The largest absolute Gasteiger partial charge is 0.497 e. The van der Waals surface area contributed by atoms with Crippen LogP contribution in [0.4, 0.5) is 0 Å². The zero-order chi connectivity index (χ0) is 19.1. The van der Waals surface area contributed by atoms with Crippen LogP contribution in [0.1, 0.15) is 56.8 Å². The van der Waals surface area contributed by atoms with E-state index in [0.29, 0.717) is 23.3 Å². The molecule has 0 radical (unpaired) electrons. The normalized spacial score (nSPS) is 24.3. The van der Waals surface area contributed by atoms with Gasteiger partial charge in [0.15, 0.2) is 0 Å². The number of halogens is 1. The van der Waals surface area contributed by atoms with Gasteiger partial charge < -0.3 is 14.8 Å². The van der Waals surface area contributed by atoms with Gasteiger partial charge in [-0.3, -0.25) is 4.79 Å². The summed E-state index contributed by atoms with van der Waals surface area (Å²) in [5.74, 6) is 2.52. The highest BCUT2D eigenvalue weighted by Gasteiger charge is 2.33. The number of nitrogens with one attached hydrogen (secondary N) is 1. The molecule has 0 saturated heterocycles. The molecule has 1 aliphatic rings. The van der Waals surface area contributed by atoms with E-state index in [9.17, 15) is 4.79 Å². The van der Waals surface area contributed by atoms with E-state index in [1.807, 2.05) is 0 Å². The fraction of sp³-hybridized carbons (Fsp3) is 0.667. The molecule has 0 aliphatic heterocycles. The van der Waals surface area contributed by atoms with E-state index < -0.39 is 0 Å². The molecule has 1 N–H and O–H groups in total. The van der Waals surface area contributed by atoms with Crippen LogP contribution >= 0.6 is 22.6 Å². The van der Waals surface area contributed by atoms with Crippen molar-refractivity contribution in [1.82, 2.24) is 5.32 Å². The van der Waals surface area contributed by atoms with Crippen LogP contribution in [0.5, 0.6) is 5.75 Å². The average molecular weight is 473 g/mol. The molecule has 1 unspecified atom stereocenters. The molecule has 146 valence electrons. The number of hydrogen-bond donors (Lipinski definition) is 1. The third kappa shape index (κ3) is 6.12. The Morgan fingerprint density at radius 1 is 1.27 bits per heavy atom. The monoisotopic (exact) mass is 473 g/mol. The third-order valence-corrected chi connectivity index (χ3v) is 5.94. The van der Waals surface area contributed by atoms with Gasteiger partial charge in [-0.05, 0) is 54.9 Å². The zero-order valence-electron chi connectivity index (χ0n) is 16.3. The second kappa shape index (κ2) is 10.5. The van der Waals surface area contributed by atoms with Gasteiger partial charge in [-0.2, -0.15) is 0 Å². The Labute approximate surface area is 171 Å². The van der Waals surface area contributed by atoms with Gasteiger partial charge in [0, 0.05) is 16.4 Å². The Morgan fingerprint density at radius 2 is 1.96 bits per heavy atom. The van der Waals surface area contributed by atoms with Gasteiger partial charge in [0.05, 0.1) is 13.2 Å². The van der Waals surface area contributed by atoms with Crippen molar-refractivity contribution in [3.63, 3.8) is 0 Å². The second-order valence-corrected chi connectivity index (χ2v) is 8.75. The number of carbonyl (C=O) groups excluding carboxylic acids is 1. The van der Waals surface area contributed by atoms with E-state index in [2.05, 4.69) is 48.7 Å². The van der Waals surface area contributed by atoms with Crippen molar-refractivity contribution < 1.29 is 14.3 Å². The van der Waals surface area contributed by atoms with Crippen LogP contribution in [0, 0.1) is 17.8 Å². The van der Waals surface area contributed by atoms with Crippen molar-refractivity contribution in [2.45, 2.75) is 58.8 Å². The molecular formula is C21H32INO3. The van der Waals surface area contributed by atoms with Gasteiger partial charge in [-0.25, -0.2) is 0 Å². The molecule has 2 rings (SSSR count). The van der Waals surface area contributed by atoms with Gasteiger partial charge in [0.25, 0.3) is 5.91 Å². The van der Waals surface area contributed by atoms with Crippen LogP contribution < -0.4 is 10.1 Å². The van der Waals surface area contributed by atoms with Crippen LogP contribution in [0.3, 0.4) is 0 Å². The number of amides is 1. The molecule has 0 bridgehead atoms. The molecule has 1 fully saturated rings. The van der Waals surface area contributed by atoms with Crippen molar-refractivity contribution in [3.8, 4) is 5.75 Å². The number of hydrogen-bond acceptors (Lipinski definition) is 3. The van der Waals surface area contributed by atoms with Crippen molar-refractivity contribution in [1.29, 1.82) is 0 Å². The summed E-state index contributed by atoms with van der Waals surface area (Å²) in [6.07, 6.45) is 4.38. The van der Waals surface area contributed by atoms with E-state index in [-0.39, 0.29) is 18.2 Å². The smallest absolute Gasteiger partial charge is 0.253 e. The highest BCUT2D eigenvalue weighted by Crippen LogP contribution is 2.36. The molecule has 0 aromatic heterocycles. The van der Waals surface area contributed by atoms with Crippen LogP contribution in [0.25, 0.3) is 0 Å². The van der Waals surface area contributed by atoms with Crippen LogP contribution in [-0.2, 0) is 4.74 Å². The first-order chi connectivity index (χ1) is 12.4. The molecular weight excluding hydrogens is 441 g/mol. The Morgan fingerprint density at radius 3 is 2.54 bits per heavy atom. The summed E-state index contributed by atoms with van der Waals surface area (Å²) in [7, 11) is 1.62. The molecule has 1 amide bonds.